The zero-order valence-corrected chi connectivity index (χ0v) is 10.8. The van der Waals surface area contributed by atoms with Crippen LogP contribution in [0.5, 0.6) is 0 Å². The van der Waals surface area contributed by atoms with Gasteiger partial charge >= 0.3 is 6.18 Å². The summed E-state index contributed by atoms with van der Waals surface area (Å²) in [4.78, 5) is 3.77. The van der Waals surface area contributed by atoms with Crippen LogP contribution in [0, 0.1) is 12.3 Å². The number of nitrogens with zero attached hydrogens (tertiary/aromatic N) is 1. The summed E-state index contributed by atoms with van der Waals surface area (Å²) in [5.41, 5.74) is -0.818. The Hall–Kier alpha value is -1.06. The van der Waals surface area contributed by atoms with Gasteiger partial charge in [0, 0.05) is 12.3 Å². The van der Waals surface area contributed by atoms with E-state index >= 15 is 0 Å². The highest BCUT2D eigenvalue weighted by molar-refractivity contribution is 7.99. The number of nitrogens with one attached hydrogen (secondary N) is 1. The number of anilines is 1. The van der Waals surface area contributed by atoms with Crippen molar-refractivity contribution in [3.8, 4) is 12.3 Å². The van der Waals surface area contributed by atoms with Gasteiger partial charge in [0.25, 0.3) is 0 Å². The lowest BCUT2D eigenvalue weighted by Crippen LogP contribution is -2.10. The van der Waals surface area contributed by atoms with Gasteiger partial charge in [0.1, 0.15) is 11.0 Å². The normalized spacial score (nSPS) is 11.1. The van der Waals surface area contributed by atoms with Gasteiger partial charge in [-0.3, -0.25) is 0 Å². The monoisotopic (exact) mass is 294 g/mol. The van der Waals surface area contributed by atoms with E-state index in [0.717, 1.165) is 12.1 Å². The molecule has 0 aromatic carbocycles. The third-order valence-electron chi connectivity index (χ3n) is 1.86. The minimum atomic E-state index is -4.43. The quantitative estimate of drug-likeness (QED) is 0.511. The molecule has 0 saturated heterocycles. The van der Waals surface area contributed by atoms with Gasteiger partial charge < -0.3 is 5.32 Å². The van der Waals surface area contributed by atoms with E-state index in [-0.39, 0.29) is 11.0 Å². The number of aromatic nitrogens is 1. The van der Waals surface area contributed by atoms with E-state index in [1.165, 1.54) is 11.8 Å². The van der Waals surface area contributed by atoms with Crippen molar-refractivity contribution < 1.29 is 13.2 Å². The largest absolute Gasteiger partial charge is 0.416 e. The number of hydrogen-bond acceptors (Lipinski definition) is 3. The van der Waals surface area contributed by atoms with Gasteiger partial charge in [-0.15, -0.1) is 18.2 Å². The summed E-state index contributed by atoms with van der Waals surface area (Å²) in [6.07, 6.45) is 0.634. The first-order valence-corrected chi connectivity index (χ1v) is 6.46. The molecule has 1 rings (SSSR count). The molecule has 18 heavy (non-hydrogen) atoms. The maximum atomic E-state index is 12.5. The van der Waals surface area contributed by atoms with E-state index in [2.05, 4.69) is 16.2 Å². The van der Waals surface area contributed by atoms with Crippen LogP contribution in [-0.4, -0.2) is 23.0 Å². The zero-order valence-electron chi connectivity index (χ0n) is 9.22. The van der Waals surface area contributed by atoms with Crippen molar-refractivity contribution >= 4 is 29.2 Å². The molecule has 0 aliphatic rings. The lowest BCUT2D eigenvalue weighted by atomic mass is 10.2. The number of rotatable bonds is 5. The van der Waals surface area contributed by atoms with E-state index in [9.17, 15) is 13.2 Å². The van der Waals surface area contributed by atoms with Crippen molar-refractivity contribution in [1.29, 1.82) is 0 Å². The second-order valence-electron chi connectivity index (χ2n) is 3.25. The highest BCUT2D eigenvalue weighted by Crippen LogP contribution is 2.31. The maximum absolute atomic E-state index is 12.5. The van der Waals surface area contributed by atoms with Crippen LogP contribution in [0.4, 0.5) is 19.0 Å². The van der Waals surface area contributed by atoms with Crippen LogP contribution in [0.15, 0.2) is 12.1 Å². The molecule has 1 aromatic rings. The Morgan fingerprint density at radius 2 is 2.17 bits per heavy atom. The molecule has 7 heteroatoms. The van der Waals surface area contributed by atoms with Crippen molar-refractivity contribution in [3.63, 3.8) is 0 Å². The fourth-order valence-electron chi connectivity index (χ4n) is 1.13. The molecule has 0 aliphatic heterocycles. The molecule has 0 saturated carbocycles. The molecular formula is C11H10ClF3N2S. The number of thioether (sulfide) groups is 1. The van der Waals surface area contributed by atoms with Gasteiger partial charge in [0.15, 0.2) is 0 Å². The molecule has 1 heterocycles. The molecule has 0 spiro atoms. The van der Waals surface area contributed by atoms with Crippen LogP contribution < -0.4 is 5.32 Å². The summed E-state index contributed by atoms with van der Waals surface area (Å²) in [6, 6.07) is 1.72. The van der Waals surface area contributed by atoms with Crippen LogP contribution in [0.3, 0.4) is 0 Å². The number of halogens is 4. The van der Waals surface area contributed by atoms with Crippen LogP contribution in [0.1, 0.15) is 5.56 Å². The number of alkyl halides is 3. The van der Waals surface area contributed by atoms with Crippen LogP contribution in [0.25, 0.3) is 0 Å². The molecule has 2 nitrogen and oxygen atoms in total. The number of terminal acetylenes is 1. The van der Waals surface area contributed by atoms with Crippen LogP contribution in [-0.2, 0) is 6.18 Å². The van der Waals surface area contributed by atoms with Crippen molar-refractivity contribution in [3.05, 3.63) is 22.8 Å². The van der Waals surface area contributed by atoms with Crippen LogP contribution in [0.2, 0.25) is 5.15 Å². The van der Waals surface area contributed by atoms with Gasteiger partial charge in [-0.2, -0.15) is 13.2 Å². The third kappa shape index (κ3) is 5.07. The van der Waals surface area contributed by atoms with Crippen LogP contribution >= 0.6 is 23.4 Å². The fourth-order valence-corrected chi connectivity index (χ4v) is 1.85. The summed E-state index contributed by atoms with van der Waals surface area (Å²) >= 11 is 7.04. The molecule has 0 aliphatic carbocycles. The third-order valence-corrected chi connectivity index (χ3v) is 2.92. The summed E-state index contributed by atoms with van der Waals surface area (Å²) < 4.78 is 37.5. The molecule has 0 unspecified atom stereocenters. The van der Waals surface area contributed by atoms with E-state index in [0.29, 0.717) is 18.1 Å². The Balaban J connectivity index is 2.61. The zero-order chi connectivity index (χ0) is 13.6. The molecule has 1 aromatic heterocycles. The Kier molecular flexibility index (Phi) is 5.63. The van der Waals surface area contributed by atoms with Crippen molar-refractivity contribution in [2.45, 2.75) is 6.18 Å². The Morgan fingerprint density at radius 1 is 1.44 bits per heavy atom. The molecule has 98 valence electrons. The topological polar surface area (TPSA) is 24.9 Å². The SMILES string of the molecule is C#CCSCCNc1cc(C(F)(F)F)cc(Cl)n1. The molecule has 0 radical (unpaired) electrons. The standard InChI is InChI=1S/C11H10ClF3N2S/c1-2-4-18-5-3-16-10-7-8(11(13,14)15)6-9(12)17-10/h1,6-7H,3-5H2,(H,16,17). The van der Waals surface area contributed by atoms with Gasteiger partial charge in [-0.25, -0.2) is 4.98 Å². The molecule has 0 fully saturated rings. The summed E-state index contributed by atoms with van der Waals surface area (Å²) in [5.74, 6) is 3.81. The minimum absolute atomic E-state index is 0.108. The summed E-state index contributed by atoms with van der Waals surface area (Å²) in [6.45, 7) is 0.469. The van der Waals surface area contributed by atoms with E-state index in [1.54, 1.807) is 0 Å². The Morgan fingerprint density at radius 3 is 2.78 bits per heavy atom. The predicted octanol–water partition coefficient (Wildman–Crippen LogP) is 3.53. The van der Waals surface area contributed by atoms with Gasteiger partial charge in [-0.1, -0.05) is 17.5 Å². The number of pyridine rings is 1. The van der Waals surface area contributed by atoms with Gasteiger partial charge in [-0.05, 0) is 12.1 Å². The smallest absolute Gasteiger partial charge is 0.369 e. The first kappa shape index (κ1) is 15.0. The highest BCUT2D eigenvalue weighted by Gasteiger charge is 2.31. The second kappa shape index (κ2) is 6.76. The first-order valence-electron chi connectivity index (χ1n) is 4.93. The lowest BCUT2D eigenvalue weighted by molar-refractivity contribution is -0.137. The fraction of sp³-hybridized carbons (Fsp3) is 0.364. The highest BCUT2D eigenvalue weighted by atomic mass is 35.5. The first-order chi connectivity index (χ1) is 8.43. The van der Waals surface area contributed by atoms with E-state index < -0.39 is 11.7 Å². The lowest BCUT2D eigenvalue weighted by Gasteiger charge is -2.10. The molecule has 0 atom stereocenters. The number of hydrogen-bond donors (Lipinski definition) is 1. The molecule has 0 amide bonds. The van der Waals surface area contributed by atoms with Gasteiger partial charge in [0.2, 0.25) is 0 Å². The molecule has 1 N–H and O–H groups in total. The van der Waals surface area contributed by atoms with E-state index in [1.807, 2.05) is 0 Å². The molecule has 0 bridgehead atoms. The van der Waals surface area contributed by atoms with E-state index in [4.69, 9.17) is 18.0 Å². The molecular weight excluding hydrogens is 285 g/mol. The second-order valence-corrected chi connectivity index (χ2v) is 4.74. The van der Waals surface area contributed by atoms with Crippen molar-refractivity contribution in [1.82, 2.24) is 4.98 Å². The van der Waals surface area contributed by atoms with Gasteiger partial charge in [0.05, 0.1) is 11.3 Å². The maximum Gasteiger partial charge on any atom is 0.416 e. The predicted molar refractivity (Wildman–Crippen MR) is 68.9 cm³/mol. The van der Waals surface area contributed by atoms with Crippen molar-refractivity contribution in [2.75, 3.05) is 23.4 Å². The van der Waals surface area contributed by atoms with Crippen molar-refractivity contribution in [2.24, 2.45) is 0 Å². The Bertz CT molecular complexity index is 443. The Labute approximate surface area is 112 Å². The summed E-state index contributed by atoms with van der Waals surface area (Å²) in [7, 11) is 0. The average Bonchev–Trinajstić information content (AvgIpc) is 2.27. The summed E-state index contributed by atoms with van der Waals surface area (Å²) in [5, 5.41) is 2.58. The minimum Gasteiger partial charge on any atom is -0.369 e. The average molecular weight is 295 g/mol.